The lowest BCUT2D eigenvalue weighted by molar-refractivity contribution is 0.627. The van der Waals surface area contributed by atoms with E-state index < -0.39 is 0 Å². The lowest BCUT2D eigenvalue weighted by Gasteiger charge is -2.17. The maximum atomic E-state index is 13.1. The molecular weight excluding hydrogens is 223 g/mol. The van der Waals surface area contributed by atoms with Gasteiger partial charge >= 0.3 is 0 Å². The van der Waals surface area contributed by atoms with Crippen molar-refractivity contribution in [1.82, 2.24) is 0 Å². The zero-order chi connectivity index (χ0) is 11.7. The van der Waals surface area contributed by atoms with Gasteiger partial charge in [-0.25, -0.2) is 4.39 Å². The highest BCUT2D eigenvalue weighted by atomic mass is 32.1. The first-order chi connectivity index (χ1) is 7.58. The molecule has 0 heterocycles. The topological polar surface area (TPSA) is 38.0 Å². The van der Waals surface area contributed by atoms with E-state index in [1.165, 1.54) is 25.0 Å². The third kappa shape index (κ3) is 2.50. The van der Waals surface area contributed by atoms with Crippen molar-refractivity contribution >= 4 is 22.9 Å². The van der Waals surface area contributed by atoms with E-state index in [-0.39, 0.29) is 10.8 Å². The fraction of sp³-hybridized carbons (Fsp3) is 0.417. The van der Waals surface area contributed by atoms with Gasteiger partial charge in [0.1, 0.15) is 10.8 Å². The Bertz CT molecular complexity index is 415. The Balaban J connectivity index is 2.21. The molecule has 3 N–H and O–H groups in total. The van der Waals surface area contributed by atoms with Gasteiger partial charge in [-0.1, -0.05) is 12.2 Å². The molecule has 1 unspecified atom stereocenters. The lowest BCUT2D eigenvalue weighted by Crippen LogP contribution is -2.21. The number of halogens is 1. The second-order valence-electron chi connectivity index (χ2n) is 4.32. The van der Waals surface area contributed by atoms with Crippen LogP contribution in [0, 0.1) is 11.7 Å². The first kappa shape index (κ1) is 11.3. The normalized spacial score (nSPS) is 16.9. The van der Waals surface area contributed by atoms with Crippen molar-refractivity contribution in [3.63, 3.8) is 0 Å². The van der Waals surface area contributed by atoms with Crippen LogP contribution < -0.4 is 11.1 Å². The Labute approximate surface area is 100 Å². The summed E-state index contributed by atoms with van der Waals surface area (Å²) >= 11 is 4.91. The molecule has 0 amide bonds. The van der Waals surface area contributed by atoms with Crippen LogP contribution in [0.4, 0.5) is 10.1 Å². The zero-order valence-corrected chi connectivity index (χ0v) is 9.98. The highest BCUT2D eigenvalue weighted by Gasteiger charge is 2.28. The van der Waals surface area contributed by atoms with Crippen molar-refractivity contribution in [3.05, 3.63) is 29.6 Å². The molecule has 16 heavy (non-hydrogen) atoms. The summed E-state index contributed by atoms with van der Waals surface area (Å²) < 4.78 is 13.1. The van der Waals surface area contributed by atoms with Crippen molar-refractivity contribution in [2.45, 2.75) is 25.8 Å². The van der Waals surface area contributed by atoms with Crippen LogP contribution >= 0.6 is 12.2 Å². The Morgan fingerprint density at radius 1 is 1.56 bits per heavy atom. The van der Waals surface area contributed by atoms with Crippen LogP contribution in [0.2, 0.25) is 0 Å². The van der Waals surface area contributed by atoms with Gasteiger partial charge in [0.2, 0.25) is 0 Å². The molecule has 1 aliphatic carbocycles. The molecule has 4 heteroatoms. The lowest BCUT2D eigenvalue weighted by atomic mass is 10.1. The molecule has 2 nitrogen and oxygen atoms in total. The van der Waals surface area contributed by atoms with Crippen LogP contribution in [0.15, 0.2) is 18.2 Å². The fourth-order valence-corrected chi connectivity index (χ4v) is 1.97. The Kier molecular flexibility index (Phi) is 3.10. The first-order valence-corrected chi connectivity index (χ1v) is 5.84. The minimum Gasteiger partial charge on any atom is -0.389 e. The Morgan fingerprint density at radius 3 is 2.81 bits per heavy atom. The van der Waals surface area contributed by atoms with E-state index in [0.717, 1.165) is 11.6 Å². The molecule has 0 bridgehead atoms. The summed E-state index contributed by atoms with van der Waals surface area (Å²) in [5.74, 6) is 0.414. The summed E-state index contributed by atoms with van der Waals surface area (Å²) in [6.45, 7) is 2.13. The average Bonchev–Trinajstić information content (AvgIpc) is 3.03. The van der Waals surface area contributed by atoms with E-state index in [0.29, 0.717) is 11.6 Å². The molecule has 0 aliphatic heterocycles. The van der Waals surface area contributed by atoms with E-state index in [1.54, 1.807) is 6.07 Å². The third-order valence-electron chi connectivity index (χ3n) is 2.96. The second-order valence-corrected chi connectivity index (χ2v) is 4.76. The van der Waals surface area contributed by atoms with Gasteiger partial charge in [-0.2, -0.15) is 0 Å². The van der Waals surface area contributed by atoms with Gasteiger partial charge in [-0.3, -0.25) is 0 Å². The van der Waals surface area contributed by atoms with Gasteiger partial charge in [0.25, 0.3) is 0 Å². The molecule has 0 saturated heterocycles. The van der Waals surface area contributed by atoms with Crippen molar-refractivity contribution < 1.29 is 4.39 Å². The van der Waals surface area contributed by atoms with Crippen molar-refractivity contribution in [2.75, 3.05) is 5.32 Å². The minimum atomic E-state index is -0.313. The van der Waals surface area contributed by atoms with Crippen molar-refractivity contribution in [3.8, 4) is 0 Å². The van der Waals surface area contributed by atoms with Gasteiger partial charge in [-0.15, -0.1) is 0 Å². The minimum absolute atomic E-state index is 0.227. The van der Waals surface area contributed by atoms with E-state index in [4.69, 9.17) is 18.0 Å². The number of hydrogen-bond donors (Lipinski definition) is 2. The summed E-state index contributed by atoms with van der Waals surface area (Å²) in [7, 11) is 0. The number of hydrogen-bond acceptors (Lipinski definition) is 2. The Morgan fingerprint density at radius 2 is 2.25 bits per heavy atom. The van der Waals surface area contributed by atoms with Gasteiger partial charge in [0.15, 0.2) is 0 Å². The number of nitrogens with one attached hydrogen (secondary N) is 1. The predicted molar refractivity (Wildman–Crippen MR) is 68.1 cm³/mol. The fourth-order valence-electron chi connectivity index (χ4n) is 1.81. The standard InChI is InChI=1S/C12H15FN2S/c1-7(8-2-3-8)15-11-5-4-9(13)6-10(11)12(14)16/h4-8,15H,2-3H2,1H3,(H2,14,16). The summed E-state index contributed by atoms with van der Waals surface area (Å²) in [6, 6.07) is 4.88. The third-order valence-corrected chi connectivity index (χ3v) is 3.18. The van der Waals surface area contributed by atoms with Gasteiger partial charge < -0.3 is 11.1 Å². The van der Waals surface area contributed by atoms with Crippen LogP contribution in [-0.2, 0) is 0 Å². The predicted octanol–water partition coefficient (Wildman–Crippen LogP) is 2.67. The molecule has 0 aromatic heterocycles. The highest BCUT2D eigenvalue weighted by Crippen LogP contribution is 2.34. The monoisotopic (exact) mass is 238 g/mol. The number of thiocarbonyl (C=S) groups is 1. The number of benzene rings is 1. The molecule has 1 atom stereocenters. The molecule has 1 aromatic carbocycles. The first-order valence-electron chi connectivity index (χ1n) is 5.44. The van der Waals surface area contributed by atoms with Crippen LogP contribution in [-0.4, -0.2) is 11.0 Å². The molecule has 0 radical (unpaired) electrons. The van der Waals surface area contributed by atoms with E-state index in [9.17, 15) is 4.39 Å². The quantitative estimate of drug-likeness (QED) is 0.792. The summed E-state index contributed by atoms with van der Waals surface area (Å²) in [5.41, 5.74) is 6.99. The highest BCUT2D eigenvalue weighted by molar-refractivity contribution is 7.80. The van der Waals surface area contributed by atoms with Gasteiger partial charge in [-0.05, 0) is 43.9 Å². The largest absolute Gasteiger partial charge is 0.389 e. The molecule has 1 saturated carbocycles. The molecule has 1 fully saturated rings. The van der Waals surface area contributed by atoms with E-state index in [1.807, 2.05) is 0 Å². The van der Waals surface area contributed by atoms with E-state index in [2.05, 4.69) is 12.2 Å². The average molecular weight is 238 g/mol. The summed E-state index contributed by atoms with van der Waals surface area (Å²) in [6.07, 6.45) is 2.52. The molecule has 2 rings (SSSR count). The van der Waals surface area contributed by atoms with Crippen LogP contribution in [0.3, 0.4) is 0 Å². The van der Waals surface area contributed by atoms with Crippen LogP contribution in [0.5, 0.6) is 0 Å². The smallest absolute Gasteiger partial charge is 0.124 e. The van der Waals surface area contributed by atoms with Crippen LogP contribution in [0.1, 0.15) is 25.3 Å². The molecule has 1 aliphatic rings. The maximum absolute atomic E-state index is 13.1. The number of nitrogens with two attached hydrogens (primary N) is 1. The number of anilines is 1. The van der Waals surface area contributed by atoms with Crippen LogP contribution in [0.25, 0.3) is 0 Å². The summed E-state index contributed by atoms with van der Waals surface area (Å²) in [4.78, 5) is 0.227. The SMILES string of the molecule is CC(Nc1ccc(F)cc1C(N)=S)C1CC1. The zero-order valence-electron chi connectivity index (χ0n) is 9.16. The summed E-state index contributed by atoms with van der Waals surface area (Å²) in [5, 5.41) is 3.35. The molecular formula is C12H15FN2S. The van der Waals surface area contributed by atoms with E-state index >= 15 is 0 Å². The Hall–Kier alpha value is -1.16. The number of rotatable bonds is 4. The van der Waals surface area contributed by atoms with Crippen molar-refractivity contribution in [2.24, 2.45) is 11.7 Å². The molecule has 0 spiro atoms. The molecule has 86 valence electrons. The molecule has 1 aromatic rings. The van der Waals surface area contributed by atoms with Crippen molar-refractivity contribution in [1.29, 1.82) is 0 Å². The maximum Gasteiger partial charge on any atom is 0.124 e. The van der Waals surface area contributed by atoms with Gasteiger partial charge in [0, 0.05) is 17.3 Å². The van der Waals surface area contributed by atoms with Gasteiger partial charge in [0.05, 0.1) is 0 Å². The second kappa shape index (κ2) is 4.37.